The highest BCUT2D eigenvalue weighted by Gasteiger charge is 2.33. The summed E-state index contributed by atoms with van der Waals surface area (Å²) in [7, 11) is 1.67. The van der Waals surface area contributed by atoms with Gasteiger partial charge < -0.3 is 18.9 Å². The van der Waals surface area contributed by atoms with Crippen molar-refractivity contribution in [3.8, 4) is 5.75 Å². The van der Waals surface area contributed by atoms with Gasteiger partial charge >= 0.3 is 0 Å². The summed E-state index contributed by atoms with van der Waals surface area (Å²) in [6, 6.07) is 7.85. The van der Waals surface area contributed by atoms with Crippen LogP contribution in [0.3, 0.4) is 0 Å². The van der Waals surface area contributed by atoms with Crippen LogP contribution >= 0.6 is 0 Å². The molecule has 1 aliphatic carbocycles. The van der Waals surface area contributed by atoms with Gasteiger partial charge in [-0.1, -0.05) is 39.3 Å². The molecule has 140 valence electrons. The van der Waals surface area contributed by atoms with Crippen molar-refractivity contribution in [2.45, 2.75) is 58.5 Å². The Morgan fingerprint density at radius 2 is 1.92 bits per heavy atom. The van der Waals surface area contributed by atoms with E-state index in [2.05, 4.69) is 20.8 Å². The van der Waals surface area contributed by atoms with Gasteiger partial charge in [-0.15, -0.1) is 0 Å². The predicted molar refractivity (Wildman–Crippen MR) is 97.6 cm³/mol. The number of benzene rings is 1. The van der Waals surface area contributed by atoms with Gasteiger partial charge in [0.15, 0.2) is 6.29 Å². The maximum absolute atomic E-state index is 6.31. The fourth-order valence-corrected chi connectivity index (χ4v) is 4.01. The Morgan fingerprint density at radius 3 is 2.60 bits per heavy atom. The minimum atomic E-state index is -0.300. The number of rotatable bonds is 6. The molecule has 0 radical (unpaired) electrons. The smallest absolute Gasteiger partial charge is 0.184 e. The molecule has 4 heteroatoms. The van der Waals surface area contributed by atoms with Gasteiger partial charge in [0, 0.05) is 5.56 Å². The van der Waals surface area contributed by atoms with E-state index in [0.717, 1.165) is 17.2 Å². The highest BCUT2D eigenvalue weighted by atomic mass is 16.7. The summed E-state index contributed by atoms with van der Waals surface area (Å²) in [5, 5.41) is 0. The van der Waals surface area contributed by atoms with Crippen LogP contribution in [0.15, 0.2) is 24.3 Å². The standard InChI is InChI=1S/C21H32O4/c1-14(2)19-10-5-15(3)11-20(19)23-12-18-13-24-21(25-18)16-6-8-17(22-4)9-7-16/h6-9,14-15,18-21H,5,10-13H2,1-4H3/t15-,18?,19+,20-,21?/m1/s1. The Bertz CT molecular complexity index is 527. The van der Waals surface area contributed by atoms with E-state index in [1.165, 1.54) is 19.3 Å². The monoisotopic (exact) mass is 348 g/mol. The normalized spacial score (nSPS) is 32.9. The predicted octanol–water partition coefficient (Wildman–Crippen LogP) is 4.59. The average Bonchev–Trinajstić information content (AvgIpc) is 3.09. The summed E-state index contributed by atoms with van der Waals surface area (Å²) in [6.07, 6.45) is 3.83. The van der Waals surface area contributed by atoms with Crippen LogP contribution in [0.1, 0.15) is 51.9 Å². The molecule has 0 bridgehead atoms. The molecule has 2 unspecified atom stereocenters. The Balaban J connectivity index is 1.50. The van der Waals surface area contributed by atoms with Crippen LogP contribution in [0, 0.1) is 17.8 Å². The lowest BCUT2D eigenvalue weighted by Crippen LogP contribution is -2.36. The van der Waals surface area contributed by atoms with Crippen molar-refractivity contribution in [3.05, 3.63) is 29.8 Å². The SMILES string of the molecule is COc1ccc(C2OCC(CO[C@@H]3C[C@H](C)CC[C@H]3C(C)C)O2)cc1. The lowest BCUT2D eigenvalue weighted by Gasteiger charge is -2.37. The van der Waals surface area contributed by atoms with Crippen LogP contribution in [0.5, 0.6) is 5.75 Å². The van der Waals surface area contributed by atoms with Crippen LogP contribution in [0.25, 0.3) is 0 Å². The molecular formula is C21H32O4. The first kappa shape index (κ1) is 18.7. The molecule has 1 heterocycles. The Morgan fingerprint density at radius 1 is 1.16 bits per heavy atom. The van der Waals surface area contributed by atoms with E-state index in [0.29, 0.717) is 31.2 Å². The molecule has 1 aliphatic heterocycles. The maximum atomic E-state index is 6.31. The molecule has 5 atom stereocenters. The van der Waals surface area contributed by atoms with E-state index in [1.54, 1.807) is 7.11 Å². The second kappa shape index (κ2) is 8.52. The maximum Gasteiger partial charge on any atom is 0.184 e. The molecule has 1 aromatic rings. The number of hydrogen-bond donors (Lipinski definition) is 0. The zero-order valence-corrected chi connectivity index (χ0v) is 15.9. The molecule has 0 N–H and O–H groups in total. The summed E-state index contributed by atoms with van der Waals surface area (Å²) in [6.45, 7) is 8.16. The third-order valence-electron chi connectivity index (χ3n) is 5.60. The molecule has 4 nitrogen and oxygen atoms in total. The van der Waals surface area contributed by atoms with Gasteiger partial charge in [0.25, 0.3) is 0 Å². The lowest BCUT2D eigenvalue weighted by atomic mass is 9.75. The molecule has 1 saturated carbocycles. The number of hydrogen-bond acceptors (Lipinski definition) is 4. The van der Waals surface area contributed by atoms with Gasteiger partial charge in [-0.25, -0.2) is 0 Å². The molecule has 3 rings (SSSR count). The first-order valence-corrected chi connectivity index (χ1v) is 9.59. The minimum absolute atomic E-state index is 0.0112. The van der Waals surface area contributed by atoms with Crippen molar-refractivity contribution < 1.29 is 18.9 Å². The molecule has 2 fully saturated rings. The molecule has 25 heavy (non-hydrogen) atoms. The Kier molecular flexibility index (Phi) is 6.37. The zero-order valence-electron chi connectivity index (χ0n) is 15.9. The molecular weight excluding hydrogens is 316 g/mol. The summed E-state index contributed by atoms with van der Waals surface area (Å²) < 4.78 is 23.4. The Labute approximate surface area is 151 Å². The average molecular weight is 348 g/mol. The van der Waals surface area contributed by atoms with Gasteiger partial charge in [0.2, 0.25) is 0 Å². The van der Waals surface area contributed by atoms with Crippen LogP contribution in [0.4, 0.5) is 0 Å². The molecule has 0 spiro atoms. The van der Waals surface area contributed by atoms with Gasteiger partial charge in [-0.05, 0) is 42.7 Å². The van der Waals surface area contributed by atoms with E-state index in [9.17, 15) is 0 Å². The first-order chi connectivity index (χ1) is 12.1. The summed E-state index contributed by atoms with van der Waals surface area (Å²) in [4.78, 5) is 0. The third-order valence-corrected chi connectivity index (χ3v) is 5.60. The van der Waals surface area contributed by atoms with Crippen LogP contribution < -0.4 is 4.74 Å². The van der Waals surface area contributed by atoms with Gasteiger partial charge in [-0.2, -0.15) is 0 Å². The molecule has 2 aliphatic rings. The topological polar surface area (TPSA) is 36.9 Å². The highest BCUT2D eigenvalue weighted by molar-refractivity contribution is 5.28. The third kappa shape index (κ3) is 4.75. The van der Waals surface area contributed by atoms with Crippen molar-refractivity contribution in [3.63, 3.8) is 0 Å². The number of ether oxygens (including phenoxy) is 4. The quantitative estimate of drug-likeness (QED) is 0.754. The van der Waals surface area contributed by atoms with E-state index < -0.39 is 0 Å². The van der Waals surface area contributed by atoms with Gasteiger partial charge in [0.1, 0.15) is 11.9 Å². The van der Waals surface area contributed by atoms with E-state index in [-0.39, 0.29) is 12.4 Å². The summed E-state index contributed by atoms with van der Waals surface area (Å²) >= 11 is 0. The summed E-state index contributed by atoms with van der Waals surface area (Å²) in [5.41, 5.74) is 1.02. The van der Waals surface area contributed by atoms with Crippen LogP contribution in [-0.4, -0.2) is 32.5 Å². The first-order valence-electron chi connectivity index (χ1n) is 9.59. The largest absolute Gasteiger partial charge is 0.497 e. The lowest BCUT2D eigenvalue weighted by molar-refractivity contribution is -0.0993. The second-order valence-electron chi connectivity index (χ2n) is 7.89. The van der Waals surface area contributed by atoms with Gasteiger partial charge in [0.05, 0.1) is 26.4 Å². The van der Waals surface area contributed by atoms with E-state index in [1.807, 2.05) is 24.3 Å². The van der Waals surface area contributed by atoms with E-state index >= 15 is 0 Å². The summed E-state index contributed by atoms with van der Waals surface area (Å²) in [5.74, 6) is 2.93. The number of methoxy groups -OCH3 is 1. The van der Waals surface area contributed by atoms with Crippen molar-refractivity contribution >= 4 is 0 Å². The van der Waals surface area contributed by atoms with Crippen molar-refractivity contribution in [2.75, 3.05) is 20.3 Å². The van der Waals surface area contributed by atoms with Crippen LogP contribution in [0.2, 0.25) is 0 Å². The highest BCUT2D eigenvalue weighted by Crippen LogP contribution is 2.36. The molecule has 1 aromatic carbocycles. The van der Waals surface area contributed by atoms with E-state index in [4.69, 9.17) is 18.9 Å². The van der Waals surface area contributed by atoms with Crippen molar-refractivity contribution in [1.82, 2.24) is 0 Å². The fraction of sp³-hybridized carbons (Fsp3) is 0.714. The molecule has 0 amide bonds. The van der Waals surface area contributed by atoms with Crippen LogP contribution in [-0.2, 0) is 14.2 Å². The van der Waals surface area contributed by atoms with Crippen molar-refractivity contribution in [2.24, 2.45) is 17.8 Å². The second-order valence-corrected chi connectivity index (χ2v) is 7.89. The molecule has 0 aromatic heterocycles. The van der Waals surface area contributed by atoms with Crippen molar-refractivity contribution in [1.29, 1.82) is 0 Å². The fourth-order valence-electron chi connectivity index (χ4n) is 4.01. The van der Waals surface area contributed by atoms with Gasteiger partial charge in [-0.3, -0.25) is 0 Å². The Hall–Kier alpha value is -1.10. The zero-order chi connectivity index (χ0) is 17.8. The minimum Gasteiger partial charge on any atom is -0.497 e. The molecule has 1 saturated heterocycles.